The molecule has 2 nitrogen and oxygen atoms in total. The molecule has 0 aromatic heterocycles. The van der Waals surface area contributed by atoms with Crippen molar-refractivity contribution in [3.63, 3.8) is 0 Å². The molecule has 2 aromatic rings. The summed E-state index contributed by atoms with van der Waals surface area (Å²) in [7, 11) is 0. The summed E-state index contributed by atoms with van der Waals surface area (Å²) in [5, 5.41) is 2.19. The fraction of sp³-hybridized carbons (Fsp3) is 0.353. The Morgan fingerprint density at radius 2 is 2.00 bits per heavy atom. The van der Waals surface area contributed by atoms with Crippen LogP contribution in [0.15, 0.2) is 36.4 Å². The number of carbonyl (C=O) groups excluding carboxylic acids is 1. The maximum Gasteiger partial charge on any atom is 0.169 e. The van der Waals surface area contributed by atoms with Gasteiger partial charge in [0.05, 0.1) is 12.7 Å². The number of aryl methyl sites for hydroxylation is 1. The summed E-state index contributed by atoms with van der Waals surface area (Å²) in [6.07, 6.45) is 1.03. The number of hydrogen-bond acceptors (Lipinski definition) is 2. The van der Waals surface area contributed by atoms with Gasteiger partial charge in [0.25, 0.3) is 0 Å². The molecule has 1 aliphatic heterocycles. The number of benzene rings is 2. The lowest BCUT2D eigenvalue weighted by molar-refractivity contribution is 0.0878. The molecular weight excluding hydrogens is 236 g/mol. The number of Topliss-reactive ketones (excluding diaryl/α,β-unsaturated/α-hetero) is 1. The van der Waals surface area contributed by atoms with Gasteiger partial charge in [0.15, 0.2) is 5.78 Å². The minimum Gasteiger partial charge on any atom is -0.378 e. The SMILES string of the molecule is Cc1ccc2ccccc2c1C(=O)C1COC(C)C1. The molecule has 0 aliphatic carbocycles. The van der Waals surface area contributed by atoms with E-state index in [1.807, 2.05) is 38.1 Å². The summed E-state index contributed by atoms with van der Waals surface area (Å²) in [5.41, 5.74) is 1.93. The second-order valence-corrected chi connectivity index (χ2v) is 5.42. The van der Waals surface area contributed by atoms with Gasteiger partial charge in [-0.1, -0.05) is 36.4 Å². The van der Waals surface area contributed by atoms with E-state index < -0.39 is 0 Å². The zero-order valence-corrected chi connectivity index (χ0v) is 11.3. The van der Waals surface area contributed by atoms with Gasteiger partial charge >= 0.3 is 0 Å². The van der Waals surface area contributed by atoms with Crippen LogP contribution >= 0.6 is 0 Å². The summed E-state index contributed by atoms with van der Waals surface area (Å²) < 4.78 is 5.54. The third kappa shape index (κ3) is 2.17. The molecule has 1 aliphatic rings. The predicted molar refractivity (Wildman–Crippen MR) is 76.5 cm³/mol. The Morgan fingerprint density at radius 1 is 1.21 bits per heavy atom. The molecule has 98 valence electrons. The van der Waals surface area contributed by atoms with E-state index in [0.29, 0.717) is 6.61 Å². The zero-order valence-electron chi connectivity index (χ0n) is 11.3. The average Bonchev–Trinajstić information content (AvgIpc) is 2.85. The third-order valence-corrected chi connectivity index (χ3v) is 3.95. The molecule has 0 amide bonds. The topological polar surface area (TPSA) is 26.3 Å². The summed E-state index contributed by atoms with van der Waals surface area (Å²) in [6.45, 7) is 4.60. The van der Waals surface area contributed by atoms with Crippen LogP contribution < -0.4 is 0 Å². The van der Waals surface area contributed by atoms with Gasteiger partial charge in [-0.2, -0.15) is 0 Å². The van der Waals surface area contributed by atoms with Gasteiger partial charge in [-0.05, 0) is 36.6 Å². The number of ketones is 1. The van der Waals surface area contributed by atoms with E-state index in [-0.39, 0.29) is 17.8 Å². The number of fused-ring (bicyclic) bond motifs is 1. The minimum atomic E-state index is 0.0134. The summed E-state index contributed by atoms with van der Waals surface area (Å²) >= 11 is 0. The molecule has 2 heteroatoms. The Kier molecular flexibility index (Phi) is 3.11. The highest BCUT2D eigenvalue weighted by Gasteiger charge is 2.30. The first-order valence-corrected chi connectivity index (χ1v) is 6.81. The van der Waals surface area contributed by atoms with Gasteiger partial charge in [0.1, 0.15) is 0 Å². The quantitative estimate of drug-likeness (QED) is 0.763. The fourth-order valence-corrected chi connectivity index (χ4v) is 2.91. The molecule has 1 heterocycles. The smallest absolute Gasteiger partial charge is 0.169 e. The molecule has 3 rings (SSSR count). The molecular formula is C17H18O2. The van der Waals surface area contributed by atoms with Crippen molar-refractivity contribution < 1.29 is 9.53 Å². The van der Waals surface area contributed by atoms with E-state index in [0.717, 1.165) is 28.3 Å². The van der Waals surface area contributed by atoms with Crippen LogP contribution in [0.2, 0.25) is 0 Å². The van der Waals surface area contributed by atoms with Gasteiger partial charge in [-0.25, -0.2) is 0 Å². The van der Waals surface area contributed by atoms with Gasteiger partial charge in [-0.15, -0.1) is 0 Å². The largest absolute Gasteiger partial charge is 0.378 e. The molecule has 0 N–H and O–H groups in total. The summed E-state index contributed by atoms with van der Waals surface area (Å²) in [4.78, 5) is 12.7. The van der Waals surface area contributed by atoms with E-state index in [2.05, 4.69) is 12.1 Å². The minimum absolute atomic E-state index is 0.0134. The van der Waals surface area contributed by atoms with Crippen molar-refractivity contribution >= 4 is 16.6 Å². The zero-order chi connectivity index (χ0) is 13.4. The van der Waals surface area contributed by atoms with Crippen molar-refractivity contribution in [2.24, 2.45) is 5.92 Å². The molecule has 0 saturated carbocycles. The molecule has 0 spiro atoms. The van der Waals surface area contributed by atoms with Gasteiger partial charge < -0.3 is 4.74 Å². The standard InChI is InChI=1S/C17H18O2/c1-11-7-8-13-5-3-4-6-15(13)16(11)17(18)14-9-12(2)19-10-14/h3-8,12,14H,9-10H2,1-2H3. The van der Waals surface area contributed by atoms with Gasteiger partial charge in [0, 0.05) is 11.5 Å². The molecule has 1 saturated heterocycles. The Balaban J connectivity index is 2.08. The molecule has 0 bridgehead atoms. The fourth-order valence-electron chi connectivity index (χ4n) is 2.91. The first kappa shape index (κ1) is 12.4. The normalized spacial score (nSPS) is 22.8. The van der Waals surface area contributed by atoms with Crippen LogP contribution in [0.25, 0.3) is 10.8 Å². The second kappa shape index (κ2) is 4.78. The van der Waals surface area contributed by atoms with Crippen LogP contribution in [0.4, 0.5) is 0 Å². The Labute approximate surface area is 113 Å². The number of ether oxygens (including phenoxy) is 1. The van der Waals surface area contributed by atoms with Crippen molar-refractivity contribution in [2.75, 3.05) is 6.61 Å². The lowest BCUT2D eigenvalue weighted by atomic mass is 9.89. The predicted octanol–water partition coefficient (Wildman–Crippen LogP) is 3.76. The summed E-state index contributed by atoms with van der Waals surface area (Å²) in [6, 6.07) is 12.2. The average molecular weight is 254 g/mol. The first-order valence-electron chi connectivity index (χ1n) is 6.81. The molecule has 2 atom stereocenters. The van der Waals surface area contributed by atoms with Crippen LogP contribution in [-0.2, 0) is 4.74 Å². The second-order valence-electron chi connectivity index (χ2n) is 5.42. The lowest BCUT2D eigenvalue weighted by Crippen LogP contribution is -2.16. The van der Waals surface area contributed by atoms with E-state index in [9.17, 15) is 4.79 Å². The van der Waals surface area contributed by atoms with Crippen molar-refractivity contribution in [1.82, 2.24) is 0 Å². The lowest BCUT2D eigenvalue weighted by Gasteiger charge is -2.12. The highest BCUT2D eigenvalue weighted by molar-refractivity contribution is 6.10. The van der Waals surface area contributed by atoms with Crippen LogP contribution in [-0.4, -0.2) is 18.5 Å². The van der Waals surface area contributed by atoms with Crippen LogP contribution in [0, 0.1) is 12.8 Å². The first-order chi connectivity index (χ1) is 9.16. The monoisotopic (exact) mass is 254 g/mol. The molecule has 0 radical (unpaired) electrons. The molecule has 2 aromatic carbocycles. The highest BCUT2D eigenvalue weighted by Crippen LogP contribution is 2.29. The van der Waals surface area contributed by atoms with Gasteiger partial charge in [-0.3, -0.25) is 4.79 Å². The van der Waals surface area contributed by atoms with Crippen molar-refractivity contribution in [3.05, 3.63) is 47.5 Å². The maximum atomic E-state index is 12.7. The number of hydrogen-bond donors (Lipinski definition) is 0. The Morgan fingerprint density at radius 3 is 2.74 bits per heavy atom. The van der Waals surface area contributed by atoms with Crippen LogP contribution in [0.1, 0.15) is 29.3 Å². The van der Waals surface area contributed by atoms with E-state index in [1.165, 1.54) is 0 Å². The Bertz CT molecular complexity index is 630. The van der Waals surface area contributed by atoms with Crippen molar-refractivity contribution in [1.29, 1.82) is 0 Å². The van der Waals surface area contributed by atoms with Crippen LogP contribution in [0.5, 0.6) is 0 Å². The Hall–Kier alpha value is -1.67. The van der Waals surface area contributed by atoms with E-state index >= 15 is 0 Å². The molecule has 2 unspecified atom stereocenters. The number of carbonyl (C=O) groups is 1. The molecule has 1 fully saturated rings. The van der Waals surface area contributed by atoms with Crippen molar-refractivity contribution in [2.45, 2.75) is 26.4 Å². The summed E-state index contributed by atoms with van der Waals surface area (Å²) in [5.74, 6) is 0.248. The van der Waals surface area contributed by atoms with Crippen LogP contribution in [0.3, 0.4) is 0 Å². The maximum absolute atomic E-state index is 12.7. The van der Waals surface area contributed by atoms with Crippen molar-refractivity contribution in [3.8, 4) is 0 Å². The van der Waals surface area contributed by atoms with E-state index in [1.54, 1.807) is 0 Å². The highest BCUT2D eigenvalue weighted by atomic mass is 16.5. The third-order valence-electron chi connectivity index (χ3n) is 3.95. The number of rotatable bonds is 2. The van der Waals surface area contributed by atoms with Gasteiger partial charge in [0.2, 0.25) is 0 Å². The van der Waals surface area contributed by atoms with E-state index in [4.69, 9.17) is 4.74 Å². The molecule has 19 heavy (non-hydrogen) atoms.